The minimum Gasteiger partial charge on any atom is -0.494 e. The van der Waals surface area contributed by atoms with Gasteiger partial charge in [-0.25, -0.2) is 0 Å². The largest absolute Gasteiger partial charge is 0.494 e. The van der Waals surface area contributed by atoms with Gasteiger partial charge in [-0.1, -0.05) is 13.3 Å². The van der Waals surface area contributed by atoms with E-state index in [0.29, 0.717) is 6.61 Å². The van der Waals surface area contributed by atoms with E-state index in [1.54, 1.807) is 0 Å². The molecule has 0 N–H and O–H groups in total. The Bertz CT molecular complexity index is 633. The second kappa shape index (κ2) is 6.99. The van der Waals surface area contributed by atoms with E-state index in [9.17, 15) is 0 Å². The minimum absolute atomic E-state index is 0.705. The fraction of sp³-hybridized carbons (Fsp3) is 0.526. The molecule has 2 aromatic rings. The molecule has 0 radical (unpaired) electrons. The van der Waals surface area contributed by atoms with Crippen molar-refractivity contribution in [2.75, 3.05) is 24.6 Å². The average molecular weight is 298 g/mol. The summed E-state index contributed by atoms with van der Waals surface area (Å²) in [6, 6.07) is 6.61. The number of hydrogen-bond donors (Lipinski definition) is 0. The Labute approximate surface area is 133 Å². The van der Waals surface area contributed by atoms with Crippen LogP contribution in [-0.4, -0.2) is 24.7 Å². The van der Waals surface area contributed by atoms with Gasteiger partial charge in [0, 0.05) is 36.4 Å². The van der Waals surface area contributed by atoms with Crippen molar-refractivity contribution in [3.05, 3.63) is 30.0 Å². The van der Waals surface area contributed by atoms with Crippen LogP contribution < -0.4 is 9.64 Å². The second-order valence-electron chi connectivity index (χ2n) is 6.04. The Kier molecular flexibility index (Phi) is 4.81. The van der Waals surface area contributed by atoms with Gasteiger partial charge in [-0.3, -0.25) is 4.98 Å². The quantitative estimate of drug-likeness (QED) is 0.780. The van der Waals surface area contributed by atoms with Gasteiger partial charge in [-0.2, -0.15) is 0 Å². The zero-order chi connectivity index (χ0) is 15.4. The van der Waals surface area contributed by atoms with Gasteiger partial charge in [0.15, 0.2) is 0 Å². The smallest absolute Gasteiger partial charge is 0.124 e. The number of unbranched alkanes of at least 4 members (excludes halogenated alkanes) is 1. The molecule has 0 bridgehead atoms. The Morgan fingerprint density at radius 2 is 2.00 bits per heavy atom. The number of anilines is 1. The molecule has 1 aliphatic heterocycles. The van der Waals surface area contributed by atoms with Crippen molar-refractivity contribution in [1.82, 2.24) is 4.98 Å². The predicted octanol–water partition coefficient (Wildman–Crippen LogP) is 4.58. The number of aromatic nitrogens is 1. The molecule has 1 aromatic carbocycles. The van der Waals surface area contributed by atoms with E-state index in [2.05, 4.69) is 35.0 Å². The number of pyridine rings is 1. The molecule has 3 rings (SSSR count). The number of hydrogen-bond acceptors (Lipinski definition) is 3. The molecule has 0 atom stereocenters. The van der Waals surface area contributed by atoms with Gasteiger partial charge in [0.1, 0.15) is 5.75 Å². The summed E-state index contributed by atoms with van der Waals surface area (Å²) < 4.78 is 5.85. The molecule has 3 nitrogen and oxygen atoms in total. The van der Waals surface area contributed by atoms with Gasteiger partial charge < -0.3 is 9.64 Å². The van der Waals surface area contributed by atoms with Crippen LogP contribution in [0.1, 0.15) is 45.1 Å². The summed E-state index contributed by atoms with van der Waals surface area (Å²) in [6.07, 6.45) is 8.00. The van der Waals surface area contributed by atoms with Gasteiger partial charge in [-0.05, 0) is 50.3 Å². The van der Waals surface area contributed by atoms with Crippen LogP contribution in [0.4, 0.5) is 5.69 Å². The summed E-state index contributed by atoms with van der Waals surface area (Å²) in [7, 11) is 0. The van der Waals surface area contributed by atoms with Gasteiger partial charge in [0.25, 0.3) is 0 Å². The molecule has 1 fully saturated rings. The molecule has 0 amide bonds. The number of benzene rings is 1. The zero-order valence-corrected chi connectivity index (χ0v) is 13.8. The lowest BCUT2D eigenvalue weighted by molar-refractivity contribution is 0.336. The van der Waals surface area contributed by atoms with E-state index in [0.717, 1.165) is 30.8 Å². The maximum absolute atomic E-state index is 5.85. The van der Waals surface area contributed by atoms with Crippen LogP contribution in [0, 0.1) is 0 Å². The molecule has 1 aromatic heterocycles. The summed E-state index contributed by atoms with van der Waals surface area (Å²) >= 11 is 0. The van der Waals surface area contributed by atoms with Gasteiger partial charge in [-0.15, -0.1) is 0 Å². The fourth-order valence-electron chi connectivity index (χ4n) is 3.29. The molecule has 3 heteroatoms. The third-order valence-corrected chi connectivity index (χ3v) is 4.45. The molecule has 1 saturated heterocycles. The van der Waals surface area contributed by atoms with E-state index in [-0.39, 0.29) is 0 Å². The topological polar surface area (TPSA) is 25.4 Å². The van der Waals surface area contributed by atoms with E-state index in [1.165, 1.54) is 42.3 Å². The van der Waals surface area contributed by atoms with Crippen molar-refractivity contribution >= 4 is 16.6 Å². The highest BCUT2D eigenvalue weighted by Gasteiger charge is 2.16. The molecule has 22 heavy (non-hydrogen) atoms. The lowest BCUT2D eigenvalue weighted by Crippen LogP contribution is -2.18. The third-order valence-electron chi connectivity index (χ3n) is 4.45. The van der Waals surface area contributed by atoms with Crippen molar-refractivity contribution in [1.29, 1.82) is 0 Å². The fourth-order valence-corrected chi connectivity index (χ4v) is 3.29. The number of nitrogens with zero attached hydrogens (tertiary/aromatic N) is 2. The number of ether oxygens (including phenoxy) is 1. The van der Waals surface area contributed by atoms with Crippen LogP contribution in [0.25, 0.3) is 10.9 Å². The summed E-state index contributed by atoms with van der Waals surface area (Å²) in [4.78, 5) is 7.06. The van der Waals surface area contributed by atoms with Crippen LogP contribution in [-0.2, 0) is 6.42 Å². The first-order valence-corrected chi connectivity index (χ1v) is 8.63. The molecule has 0 aliphatic carbocycles. The van der Waals surface area contributed by atoms with Gasteiger partial charge >= 0.3 is 0 Å². The van der Waals surface area contributed by atoms with Crippen molar-refractivity contribution in [3.8, 4) is 5.75 Å². The van der Waals surface area contributed by atoms with Crippen LogP contribution in [0.15, 0.2) is 24.4 Å². The number of rotatable bonds is 6. The lowest BCUT2D eigenvalue weighted by atomic mass is 10.0. The SMILES string of the molecule is CCCCc1cc2c(N3CCCC3)ccnc2cc1OCC. The Hall–Kier alpha value is -1.77. The first kappa shape index (κ1) is 15.1. The van der Waals surface area contributed by atoms with E-state index in [4.69, 9.17) is 4.74 Å². The van der Waals surface area contributed by atoms with Crippen molar-refractivity contribution < 1.29 is 4.74 Å². The van der Waals surface area contributed by atoms with Gasteiger partial charge in [0.2, 0.25) is 0 Å². The Morgan fingerprint density at radius 1 is 1.18 bits per heavy atom. The summed E-state index contributed by atoms with van der Waals surface area (Å²) in [5.41, 5.74) is 3.71. The van der Waals surface area contributed by atoms with Crippen LogP contribution in [0.5, 0.6) is 5.75 Å². The zero-order valence-electron chi connectivity index (χ0n) is 13.8. The van der Waals surface area contributed by atoms with Crippen molar-refractivity contribution in [3.63, 3.8) is 0 Å². The highest BCUT2D eigenvalue weighted by Crippen LogP contribution is 2.33. The molecule has 2 heterocycles. The highest BCUT2D eigenvalue weighted by atomic mass is 16.5. The highest BCUT2D eigenvalue weighted by molar-refractivity contribution is 5.93. The predicted molar refractivity (Wildman–Crippen MR) is 93.0 cm³/mol. The maximum atomic E-state index is 5.85. The minimum atomic E-state index is 0.705. The normalized spacial score (nSPS) is 14.7. The lowest BCUT2D eigenvalue weighted by Gasteiger charge is -2.20. The second-order valence-corrected chi connectivity index (χ2v) is 6.04. The first-order valence-electron chi connectivity index (χ1n) is 8.63. The van der Waals surface area contributed by atoms with Gasteiger partial charge in [0.05, 0.1) is 12.1 Å². The number of fused-ring (bicyclic) bond motifs is 1. The first-order chi connectivity index (χ1) is 10.8. The summed E-state index contributed by atoms with van der Waals surface area (Å²) in [5, 5.41) is 1.28. The number of aryl methyl sites for hydroxylation is 1. The molecular formula is C19H26N2O. The Morgan fingerprint density at radius 3 is 2.73 bits per heavy atom. The van der Waals surface area contributed by atoms with E-state index >= 15 is 0 Å². The van der Waals surface area contributed by atoms with Crippen LogP contribution in [0.3, 0.4) is 0 Å². The average Bonchev–Trinajstić information content (AvgIpc) is 3.06. The van der Waals surface area contributed by atoms with E-state index < -0.39 is 0 Å². The van der Waals surface area contributed by atoms with Crippen LogP contribution in [0.2, 0.25) is 0 Å². The standard InChI is InChI=1S/C19H26N2O/c1-3-5-8-15-13-16-17(14-19(15)22-4-2)20-10-9-18(16)21-11-6-7-12-21/h9-10,13-14H,3-8,11-12H2,1-2H3. The van der Waals surface area contributed by atoms with Crippen molar-refractivity contribution in [2.45, 2.75) is 46.0 Å². The molecule has 118 valence electrons. The molecule has 0 unspecified atom stereocenters. The molecular weight excluding hydrogens is 272 g/mol. The maximum Gasteiger partial charge on any atom is 0.124 e. The molecule has 0 spiro atoms. The Balaban J connectivity index is 2.06. The third kappa shape index (κ3) is 3.03. The van der Waals surface area contributed by atoms with E-state index in [1.807, 2.05) is 13.1 Å². The summed E-state index contributed by atoms with van der Waals surface area (Å²) in [6.45, 7) is 7.31. The van der Waals surface area contributed by atoms with Crippen molar-refractivity contribution in [2.24, 2.45) is 0 Å². The monoisotopic (exact) mass is 298 g/mol. The molecule has 0 saturated carbocycles. The molecule has 1 aliphatic rings. The van der Waals surface area contributed by atoms with Crippen LogP contribution >= 0.6 is 0 Å². The summed E-state index contributed by atoms with van der Waals surface area (Å²) in [5.74, 6) is 1.01.